The minimum Gasteiger partial charge on any atom is -0.497 e. The van der Waals surface area contributed by atoms with E-state index in [2.05, 4.69) is 10.3 Å². The summed E-state index contributed by atoms with van der Waals surface area (Å²) in [5.41, 5.74) is 2.80. The van der Waals surface area contributed by atoms with Gasteiger partial charge in [0, 0.05) is 37.4 Å². The van der Waals surface area contributed by atoms with E-state index < -0.39 is 0 Å². The molecule has 0 radical (unpaired) electrons. The number of piperidine rings is 1. The van der Waals surface area contributed by atoms with Crippen molar-refractivity contribution in [1.82, 2.24) is 15.2 Å². The van der Waals surface area contributed by atoms with Crippen LogP contribution in [-0.2, 0) is 16.0 Å². The van der Waals surface area contributed by atoms with Gasteiger partial charge in [-0.1, -0.05) is 0 Å². The summed E-state index contributed by atoms with van der Waals surface area (Å²) >= 11 is 1.56. The van der Waals surface area contributed by atoms with E-state index in [1.165, 1.54) is 0 Å². The summed E-state index contributed by atoms with van der Waals surface area (Å²) in [6.45, 7) is 1.75. The Labute approximate surface area is 168 Å². The number of carbonyl (C=O) groups excluding carboxylic acids is 2. The number of rotatable bonds is 8. The van der Waals surface area contributed by atoms with Gasteiger partial charge in [-0.05, 0) is 37.1 Å². The third-order valence-electron chi connectivity index (χ3n) is 4.80. The first-order chi connectivity index (χ1) is 13.7. The molecule has 1 aromatic carbocycles. The molecule has 150 valence electrons. The van der Waals surface area contributed by atoms with Crippen molar-refractivity contribution in [1.29, 1.82) is 0 Å². The average molecular weight is 404 g/mol. The molecule has 0 bridgehead atoms. The number of hydrogen-bond donors (Lipinski definition) is 1. The standard InChI is InChI=1S/C20H25N3O4S/c1-26-17-2-4-18(5-3-17)27-12-19(24)23-10-7-15(8-11-23)20(25)21-9-6-16-13-28-14-22-16/h2-5,13-15H,6-12H2,1H3,(H,21,25). The van der Waals surface area contributed by atoms with Gasteiger partial charge >= 0.3 is 0 Å². The van der Waals surface area contributed by atoms with Gasteiger partial charge in [-0.2, -0.15) is 0 Å². The fourth-order valence-corrected chi connectivity index (χ4v) is 3.71. The van der Waals surface area contributed by atoms with Gasteiger partial charge in [0.1, 0.15) is 11.5 Å². The van der Waals surface area contributed by atoms with Crippen molar-refractivity contribution in [2.45, 2.75) is 19.3 Å². The van der Waals surface area contributed by atoms with Gasteiger partial charge in [0.05, 0.1) is 18.3 Å². The van der Waals surface area contributed by atoms with Gasteiger partial charge in [0.2, 0.25) is 5.91 Å². The zero-order chi connectivity index (χ0) is 19.8. The zero-order valence-corrected chi connectivity index (χ0v) is 16.7. The Morgan fingerprint density at radius 1 is 1.21 bits per heavy atom. The van der Waals surface area contributed by atoms with Crippen molar-refractivity contribution in [3.63, 3.8) is 0 Å². The lowest BCUT2D eigenvalue weighted by molar-refractivity contribution is -0.137. The summed E-state index contributed by atoms with van der Waals surface area (Å²) < 4.78 is 10.6. The molecule has 3 rings (SSSR count). The molecular formula is C20H25N3O4S. The molecule has 8 heteroatoms. The van der Waals surface area contributed by atoms with Crippen molar-refractivity contribution in [3.05, 3.63) is 40.8 Å². The number of likely N-dealkylation sites (tertiary alicyclic amines) is 1. The molecule has 28 heavy (non-hydrogen) atoms. The van der Waals surface area contributed by atoms with Crippen LogP contribution in [-0.4, -0.2) is 55.0 Å². The Morgan fingerprint density at radius 3 is 2.57 bits per heavy atom. The lowest BCUT2D eigenvalue weighted by atomic mass is 9.96. The maximum absolute atomic E-state index is 12.3. The number of nitrogens with zero attached hydrogens (tertiary/aromatic N) is 2. The number of benzene rings is 1. The van der Waals surface area contributed by atoms with E-state index in [0.29, 0.717) is 38.2 Å². The molecular weight excluding hydrogens is 378 g/mol. The number of aromatic nitrogens is 1. The monoisotopic (exact) mass is 403 g/mol. The van der Waals surface area contributed by atoms with Crippen LogP contribution in [0.2, 0.25) is 0 Å². The summed E-state index contributed by atoms with van der Waals surface area (Å²) in [5.74, 6) is 1.34. The largest absolute Gasteiger partial charge is 0.497 e. The highest BCUT2D eigenvalue weighted by Crippen LogP contribution is 2.19. The van der Waals surface area contributed by atoms with Gasteiger partial charge in [0.15, 0.2) is 6.61 Å². The second kappa shape index (κ2) is 10.1. The first-order valence-electron chi connectivity index (χ1n) is 9.35. The number of ether oxygens (including phenoxy) is 2. The topological polar surface area (TPSA) is 80.8 Å². The molecule has 1 N–H and O–H groups in total. The molecule has 0 unspecified atom stereocenters. The number of hydrogen-bond acceptors (Lipinski definition) is 6. The summed E-state index contributed by atoms with van der Waals surface area (Å²) in [6, 6.07) is 7.12. The molecule has 0 spiro atoms. The Bertz CT molecular complexity index is 756. The lowest BCUT2D eigenvalue weighted by Gasteiger charge is -2.31. The summed E-state index contributed by atoms with van der Waals surface area (Å²) in [4.78, 5) is 30.6. The van der Waals surface area contributed by atoms with Gasteiger partial charge in [-0.15, -0.1) is 11.3 Å². The molecule has 0 aliphatic carbocycles. The maximum atomic E-state index is 12.3. The van der Waals surface area contributed by atoms with E-state index in [-0.39, 0.29) is 24.3 Å². The Hall–Kier alpha value is -2.61. The van der Waals surface area contributed by atoms with Crippen molar-refractivity contribution in [2.75, 3.05) is 33.4 Å². The molecule has 0 saturated carbocycles. The molecule has 1 fully saturated rings. The molecule has 2 amide bonds. The predicted molar refractivity (Wildman–Crippen MR) is 107 cm³/mol. The second-order valence-electron chi connectivity index (χ2n) is 6.64. The van der Waals surface area contributed by atoms with Crippen LogP contribution >= 0.6 is 11.3 Å². The predicted octanol–water partition coefficient (Wildman–Crippen LogP) is 2.13. The van der Waals surface area contributed by atoms with E-state index >= 15 is 0 Å². The zero-order valence-electron chi connectivity index (χ0n) is 15.9. The van der Waals surface area contributed by atoms with Crippen molar-refractivity contribution < 1.29 is 19.1 Å². The van der Waals surface area contributed by atoms with Crippen LogP contribution in [0.25, 0.3) is 0 Å². The first kappa shape index (κ1) is 20.1. The maximum Gasteiger partial charge on any atom is 0.260 e. The second-order valence-corrected chi connectivity index (χ2v) is 7.36. The van der Waals surface area contributed by atoms with E-state index in [1.54, 1.807) is 53.1 Å². The SMILES string of the molecule is COc1ccc(OCC(=O)N2CCC(C(=O)NCCc3cscn3)CC2)cc1. The number of amides is 2. The van der Waals surface area contributed by atoms with E-state index in [4.69, 9.17) is 9.47 Å². The lowest BCUT2D eigenvalue weighted by Crippen LogP contribution is -2.44. The minimum absolute atomic E-state index is 0.00314. The molecule has 1 aliphatic heterocycles. The molecule has 2 aromatic rings. The van der Waals surface area contributed by atoms with E-state index in [9.17, 15) is 9.59 Å². The smallest absolute Gasteiger partial charge is 0.260 e. The van der Waals surface area contributed by atoms with Crippen LogP contribution in [0, 0.1) is 5.92 Å². The number of carbonyl (C=O) groups is 2. The van der Waals surface area contributed by atoms with Crippen molar-refractivity contribution in [3.8, 4) is 11.5 Å². The van der Waals surface area contributed by atoms with Crippen LogP contribution in [0.3, 0.4) is 0 Å². The molecule has 0 atom stereocenters. The van der Waals surface area contributed by atoms with Gasteiger partial charge < -0.3 is 19.7 Å². The quantitative estimate of drug-likeness (QED) is 0.730. The molecule has 7 nitrogen and oxygen atoms in total. The third kappa shape index (κ3) is 5.69. The van der Waals surface area contributed by atoms with Crippen LogP contribution in [0.5, 0.6) is 11.5 Å². The molecule has 1 saturated heterocycles. The fourth-order valence-electron chi connectivity index (χ4n) is 3.12. The molecule has 1 aromatic heterocycles. The Balaban J connectivity index is 1.35. The van der Waals surface area contributed by atoms with E-state index in [1.807, 2.05) is 5.38 Å². The highest BCUT2D eigenvalue weighted by atomic mass is 32.1. The van der Waals surface area contributed by atoms with Crippen LogP contribution in [0.1, 0.15) is 18.5 Å². The number of nitrogens with one attached hydrogen (secondary N) is 1. The van der Waals surface area contributed by atoms with Crippen LogP contribution < -0.4 is 14.8 Å². The summed E-state index contributed by atoms with van der Waals surface area (Å²) in [7, 11) is 1.60. The van der Waals surface area contributed by atoms with Gasteiger partial charge in [0.25, 0.3) is 5.91 Å². The van der Waals surface area contributed by atoms with Gasteiger partial charge in [-0.25, -0.2) is 4.98 Å². The highest BCUT2D eigenvalue weighted by molar-refractivity contribution is 7.07. The molecule has 1 aliphatic rings. The van der Waals surface area contributed by atoms with Gasteiger partial charge in [-0.3, -0.25) is 9.59 Å². The van der Waals surface area contributed by atoms with Crippen molar-refractivity contribution in [2.24, 2.45) is 5.92 Å². The minimum atomic E-state index is -0.0572. The van der Waals surface area contributed by atoms with Crippen LogP contribution in [0.4, 0.5) is 0 Å². The number of methoxy groups -OCH3 is 1. The fraction of sp³-hybridized carbons (Fsp3) is 0.450. The normalized spacial score (nSPS) is 14.5. The summed E-state index contributed by atoms with van der Waals surface area (Å²) in [6.07, 6.45) is 2.10. The Kier molecular flexibility index (Phi) is 7.25. The number of thiazole rings is 1. The molecule has 2 heterocycles. The Morgan fingerprint density at radius 2 is 1.93 bits per heavy atom. The third-order valence-corrected chi connectivity index (χ3v) is 5.44. The summed E-state index contributed by atoms with van der Waals surface area (Å²) in [5, 5.41) is 4.97. The first-order valence-corrected chi connectivity index (χ1v) is 10.3. The van der Waals surface area contributed by atoms with E-state index in [0.717, 1.165) is 17.9 Å². The van der Waals surface area contributed by atoms with Crippen LogP contribution in [0.15, 0.2) is 35.2 Å². The average Bonchev–Trinajstić information content (AvgIpc) is 3.26. The highest BCUT2D eigenvalue weighted by Gasteiger charge is 2.27. The van der Waals surface area contributed by atoms with Crippen molar-refractivity contribution >= 4 is 23.2 Å².